The molecule has 0 unspecified atom stereocenters. The Morgan fingerprint density at radius 1 is 1.25 bits per heavy atom. The third-order valence-corrected chi connectivity index (χ3v) is 2.91. The van der Waals surface area contributed by atoms with Crippen molar-refractivity contribution in [3.05, 3.63) is 29.8 Å². The molecule has 0 aromatic heterocycles. The van der Waals surface area contributed by atoms with E-state index in [1.807, 2.05) is 13.8 Å². The molecule has 1 aromatic rings. The number of carbonyl (C=O) groups is 2. The van der Waals surface area contributed by atoms with Crippen molar-refractivity contribution in [3.8, 4) is 5.75 Å². The number of benzene rings is 1. The molecule has 0 aliphatic carbocycles. The number of carbonyl (C=O) groups excluding carboxylic acids is 2. The minimum absolute atomic E-state index is 0.0133. The first kappa shape index (κ1) is 16.0. The van der Waals surface area contributed by atoms with Gasteiger partial charge in [-0.3, -0.25) is 9.59 Å². The van der Waals surface area contributed by atoms with Gasteiger partial charge in [-0.25, -0.2) is 0 Å². The highest BCUT2D eigenvalue weighted by molar-refractivity contribution is 5.87. The van der Waals surface area contributed by atoms with Gasteiger partial charge in [0.15, 0.2) is 0 Å². The molecule has 6 heteroatoms. The van der Waals surface area contributed by atoms with Crippen LogP contribution in [-0.4, -0.2) is 29.5 Å². The maximum absolute atomic E-state index is 11.6. The summed E-state index contributed by atoms with van der Waals surface area (Å²) in [5.74, 6) is -0.548. The molecular formula is C14H21N3O3. The second kappa shape index (κ2) is 7.49. The van der Waals surface area contributed by atoms with Gasteiger partial charge in [-0.1, -0.05) is 32.0 Å². The summed E-state index contributed by atoms with van der Waals surface area (Å²) >= 11 is 0. The Bertz CT molecular complexity index is 474. The Hall–Kier alpha value is -2.08. The average molecular weight is 279 g/mol. The van der Waals surface area contributed by atoms with E-state index in [0.29, 0.717) is 5.56 Å². The summed E-state index contributed by atoms with van der Waals surface area (Å²) in [7, 11) is 0. The van der Waals surface area contributed by atoms with Gasteiger partial charge >= 0.3 is 0 Å². The van der Waals surface area contributed by atoms with Crippen molar-refractivity contribution in [2.24, 2.45) is 11.7 Å². The zero-order valence-corrected chi connectivity index (χ0v) is 11.7. The highest BCUT2D eigenvalue weighted by Gasteiger charge is 2.17. The summed E-state index contributed by atoms with van der Waals surface area (Å²) < 4.78 is 0. The molecule has 0 fully saturated rings. The van der Waals surface area contributed by atoms with Gasteiger partial charge in [-0.05, 0) is 12.0 Å². The Kier molecular flexibility index (Phi) is 5.99. The van der Waals surface area contributed by atoms with Crippen molar-refractivity contribution >= 4 is 11.8 Å². The number of aromatic hydroxyl groups is 1. The number of hydrogen-bond acceptors (Lipinski definition) is 4. The molecule has 0 saturated carbocycles. The minimum Gasteiger partial charge on any atom is -0.508 e. The van der Waals surface area contributed by atoms with Crippen LogP contribution < -0.4 is 16.4 Å². The van der Waals surface area contributed by atoms with Crippen LogP contribution in [0.3, 0.4) is 0 Å². The fourth-order valence-corrected chi connectivity index (χ4v) is 1.50. The third-order valence-electron chi connectivity index (χ3n) is 2.91. The quantitative estimate of drug-likeness (QED) is 0.593. The first-order valence-electron chi connectivity index (χ1n) is 6.48. The van der Waals surface area contributed by atoms with E-state index in [1.54, 1.807) is 24.3 Å². The lowest BCUT2D eigenvalue weighted by molar-refractivity contribution is -0.127. The number of nitrogens with one attached hydrogen (secondary N) is 2. The van der Waals surface area contributed by atoms with Crippen molar-refractivity contribution in [1.29, 1.82) is 0 Å². The number of phenolic OH excluding ortho intramolecular Hbond substituents is 1. The molecule has 0 aliphatic heterocycles. The predicted octanol–water partition coefficient (Wildman–Crippen LogP) is 0.108. The van der Waals surface area contributed by atoms with E-state index in [2.05, 4.69) is 10.6 Å². The van der Waals surface area contributed by atoms with Crippen LogP contribution in [0, 0.1) is 5.92 Å². The van der Waals surface area contributed by atoms with Gasteiger partial charge in [0.25, 0.3) is 0 Å². The SMILES string of the molecule is CC(C)[C@H](N)C(=O)NCC(=O)NCc1ccccc1O. The highest BCUT2D eigenvalue weighted by Crippen LogP contribution is 2.14. The fraction of sp³-hybridized carbons (Fsp3) is 0.429. The topological polar surface area (TPSA) is 104 Å². The molecule has 6 nitrogen and oxygen atoms in total. The zero-order valence-electron chi connectivity index (χ0n) is 11.7. The smallest absolute Gasteiger partial charge is 0.239 e. The van der Waals surface area contributed by atoms with Crippen molar-refractivity contribution < 1.29 is 14.7 Å². The predicted molar refractivity (Wildman–Crippen MR) is 75.8 cm³/mol. The monoisotopic (exact) mass is 279 g/mol. The first-order valence-corrected chi connectivity index (χ1v) is 6.48. The molecule has 1 aromatic carbocycles. The molecule has 0 aliphatic rings. The summed E-state index contributed by atoms with van der Waals surface area (Å²) in [6.45, 7) is 3.75. The highest BCUT2D eigenvalue weighted by atomic mass is 16.3. The number of rotatable bonds is 6. The zero-order chi connectivity index (χ0) is 15.1. The van der Waals surface area contributed by atoms with Gasteiger partial charge in [-0.2, -0.15) is 0 Å². The Balaban J connectivity index is 2.35. The van der Waals surface area contributed by atoms with E-state index in [0.717, 1.165) is 0 Å². The molecule has 1 rings (SSSR count). The molecule has 2 amide bonds. The lowest BCUT2D eigenvalue weighted by Crippen LogP contribution is -2.47. The molecule has 1 atom stereocenters. The first-order chi connectivity index (χ1) is 9.41. The van der Waals surface area contributed by atoms with Gasteiger partial charge in [0, 0.05) is 12.1 Å². The van der Waals surface area contributed by atoms with E-state index in [1.165, 1.54) is 0 Å². The second-order valence-electron chi connectivity index (χ2n) is 4.89. The summed E-state index contributed by atoms with van der Waals surface area (Å²) in [6.07, 6.45) is 0. The molecule has 0 spiro atoms. The summed E-state index contributed by atoms with van der Waals surface area (Å²) in [6, 6.07) is 6.10. The van der Waals surface area contributed by atoms with E-state index in [-0.39, 0.29) is 36.6 Å². The normalized spacial score (nSPS) is 12.0. The second-order valence-corrected chi connectivity index (χ2v) is 4.89. The van der Waals surface area contributed by atoms with E-state index >= 15 is 0 Å². The standard InChI is InChI=1S/C14H21N3O3/c1-9(2)13(15)14(20)17-8-12(19)16-7-10-5-3-4-6-11(10)18/h3-6,9,13,18H,7-8,15H2,1-2H3,(H,16,19)(H,17,20)/t13-/m0/s1. The number of para-hydroxylation sites is 1. The van der Waals surface area contributed by atoms with Gasteiger partial charge in [-0.15, -0.1) is 0 Å². The van der Waals surface area contributed by atoms with Crippen LogP contribution in [0.15, 0.2) is 24.3 Å². The van der Waals surface area contributed by atoms with Crippen molar-refractivity contribution in [2.75, 3.05) is 6.54 Å². The Labute approximate surface area is 118 Å². The lowest BCUT2D eigenvalue weighted by Gasteiger charge is -2.15. The molecule has 20 heavy (non-hydrogen) atoms. The van der Waals surface area contributed by atoms with Crippen LogP contribution in [0.25, 0.3) is 0 Å². The van der Waals surface area contributed by atoms with Crippen LogP contribution in [0.4, 0.5) is 0 Å². The average Bonchev–Trinajstić information content (AvgIpc) is 2.42. The van der Waals surface area contributed by atoms with Crippen LogP contribution in [0.1, 0.15) is 19.4 Å². The van der Waals surface area contributed by atoms with Crippen LogP contribution in [0.2, 0.25) is 0 Å². The molecule has 0 heterocycles. The molecule has 0 saturated heterocycles. The van der Waals surface area contributed by atoms with E-state index in [4.69, 9.17) is 5.73 Å². The molecule has 0 radical (unpaired) electrons. The molecule has 0 bridgehead atoms. The number of hydrogen-bond donors (Lipinski definition) is 4. The molecule has 5 N–H and O–H groups in total. The molecule has 110 valence electrons. The molecular weight excluding hydrogens is 258 g/mol. The maximum Gasteiger partial charge on any atom is 0.239 e. The maximum atomic E-state index is 11.6. The largest absolute Gasteiger partial charge is 0.508 e. The van der Waals surface area contributed by atoms with Gasteiger partial charge in [0.1, 0.15) is 5.75 Å². The minimum atomic E-state index is -0.624. The summed E-state index contributed by atoms with van der Waals surface area (Å²) in [5.41, 5.74) is 6.27. The van der Waals surface area contributed by atoms with Gasteiger partial charge in [0.2, 0.25) is 11.8 Å². The van der Waals surface area contributed by atoms with E-state index in [9.17, 15) is 14.7 Å². The van der Waals surface area contributed by atoms with Crippen LogP contribution >= 0.6 is 0 Å². The van der Waals surface area contributed by atoms with Crippen LogP contribution in [0.5, 0.6) is 5.75 Å². The lowest BCUT2D eigenvalue weighted by atomic mass is 10.1. The van der Waals surface area contributed by atoms with Gasteiger partial charge < -0.3 is 21.5 Å². The Morgan fingerprint density at radius 3 is 2.50 bits per heavy atom. The van der Waals surface area contributed by atoms with Crippen molar-refractivity contribution in [3.63, 3.8) is 0 Å². The number of phenols is 1. The number of nitrogens with two attached hydrogens (primary N) is 1. The van der Waals surface area contributed by atoms with Crippen molar-refractivity contribution in [2.45, 2.75) is 26.4 Å². The fourth-order valence-electron chi connectivity index (χ4n) is 1.50. The summed E-state index contributed by atoms with van der Waals surface area (Å²) in [5, 5.41) is 14.6. The number of amides is 2. The Morgan fingerprint density at radius 2 is 1.90 bits per heavy atom. The van der Waals surface area contributed by atoms with Crippen LogP contribution in [-0.2, 0) is 16.1 Å². The van der Waals surface area contributed by atoms with Gasteiger partial charge in [0.05, 0.1) is 12.6 Å². The summed E-state index contributed by atoms with van der Waals surface area (Å²) in [4.78, 5) is 23.1. The third kappa shape index (κ3) is 4.89. The van der Waals surface area contributed by atoms with Crippen molar-refractivity contribution in [1.82, 2.24) is 10.6 Å². The van der Waals surface area contributed by atoms with E-state index < -0.39 is 6.04 Å².